The number of benzene rings is 2. The van der Waals surface area contributed by atoms with Gasteiger partial charge in [0.1, 0.15) is 6.61 Å². The standard InChI is InChI=1S/C56H79IN8O18S4/c1-40(2)15-13-26-60-52(67)38-81-31-32-82-53(63-64-58)39-83-42-17-12-16-41(35-42)54(68)62-29-28-61-51(66)20-10-7-11-25-56(5)46-37-44(87(78,79)80)22-24-48(46)65(30-34-85(72,73)74)50(56)19-9-6-8-18-49(57)55(3,4)45-36-43(86(75,76)77)21-23-47(45)59-27-14-33-84(69,70)71/h6,8-9,18-19,21-24,35-37,40,42,49,53,59H,7,10-12,14,16-17,20,25-34,38-39H2,1-5H3,(H,60,67)(H,61,66)(H,62,68)(H,69,70,71)(H,72,73,74)(H,75,76,77)(H,78,79,80)/b9-6+,18-8+,50-19-. The molecule has 4 atom stereocenters. The predicted octanol–water partition coefficient (Wildman–Crippen LogP) is 6.74. The second-order valence-corrected chi connectivity index (χ2v) is 28.9. The Morgan fingerprint density at radius 1 is 0.874 bits per heavy atom. The fraction of sp³-hybridized carbons (Fsp3) is 0.554. The zero-order valence-corrected chi connectivity index (χ0v) is 54.6. The minimum atomic E-state index is -4.69. The maximum Gasteiger partial charge on any atom is 0.294 e. The number of carbonyl (C=O) groups is 3. The molecule has 26 nitrogen and oxygen atoms in total. The van der Waals surface area contributed by atoms with E-state index in [1.54, 1.807) is 35.3 Å². The summed E-state index contributed by atoms with van der Waals surface area (Å²) in [5, 5.41) is 15.0. The Bertz CT molecular complexity index is 3430. The van der Waals surface area contributed by atoms with Gasteiger partial charge in [0.25, 0.3) is 40.5 Å². The summed E-state index contributed by atoms with van der Waals surface area (Å²) in [5.74, 6) is 3.87. The second kappa shape index (κ2) is 34.5. The fourth-order valence-electron chi connectivity index (χ4n) is 9.47. The summed E-state index contributed by atoms with van der Waals surface area (Å²) < 4.78 is 151. The number of amides is 3. The number of azide groups is 1. The molecule has 0 bridgehead atoms. The van der Waals surface area contributed by atoms with Crippen LogP contribution in [-0.4, -0.2) is 157 Å². The number of nitrogens with zero attached hydrogens (tertiary/aromatic N) is 4. The molecule has 0 fully saturated rings. The van der Waals surface area contributed by atoms with E-state index >= 15 is 0 Å². The molecule has 0 spiro atoms. The number of anilines is 2. The van der Waals surface area contributed by atoms with Gasteiger partial charge in [-0.15, -0.1) is 0 Å². The summed E-state index contributed by atoms with van der Waals surface area (Å²) in [6.07, 6.45) is 12.7. The molecule has 1 heterocycles. The average molecular weight is 1410 g/mol. The number of nitrogens with one attached hydrogen (secondary N) is 4. The zero-order valence-electron chi connectivity index (χ0n) is 49.2. The molecule has 1 aliphatic heterocycles. The Balaban J connectivity index is 1.36. The topological polar surface area (TPSA) is 397 Å². The number of halogens is 1. The number of hydrogen-bond acceptors (Lipinski definition) is 17. The van der Waals surface area contributed by atoms with Crippen LogP contribution in [0.5, 0.6) is 0 Å². The molecule has 2 aromatic rings. The lowest BCUT2D eigenvalue weighted by atomic mass is 9.77. The van der Waals surface area contributed by atoms with Crippen molar-refractivity contribution in [1.82, 2.24) is 16.0 Å². The van der Waals surface area contributed by atoms with Crippen molar-refractivity contribution >= 4 is 92.2 Å². The first-order valence-corrected chi connectivity index (χ1v) is 35.3. The van der Waals surface area contributed by atoms with Crippen LogP contribution < -0.4 is 26.2 Å². The molecule has 0 aromatic heterocycles. The first kappa shape index (κ1) is 74.0. The molecule has 0 saturated heterocycles. The third kappa shape index (κ3) is 25.5. The lowest BCUT2D eigenvalue weighted by molar-refractivity contribution is -0.126. The van der Waals surface area contributed by atoms with Gasteiger partial charge in [0.05, 0.1) is 53.8 Å². The highest BCUT2D eigenvalue weighted by Gasteiger charge is 2.44. The monoisotopic (exact) mass is 1410 g/mol. The molecule has 2 aliphatic rings. The van der Waals surface area contributed by atoms with Crippen molar-refractivity contribution in [2.45, 2.75) is 129 Å². The van der Waals surface area contributed by atoms with Gasteiger partial charge in [-0.05, 0) is 111 Å². The number of allylic oxidation sites excluding steroid dienone is 6. The highest BCUT2D eigenvalue weighted by molar-refractivity contribution is 14.1. The van der Waals surface area contributed by atoms with Crippen LogP contribution in [0.15, 0.2) is 99.0 Å². The molecule has 482 valence electrons. The van der Waals surface area contributed by atoms with E-state index in [9.17, 15) is 66.3 Å². The van der Waals surface area contributed by atoms with E-state index in [-0.39, 0.29) is 109 Å². The number of fused-ring (bicyclic) bond motifs is 1. The summed E-state index contributed by atoms with van der Waals surface area (Å²) in [5.41, 5.74) is 10.1. The van der Waals surface area contributed by atoms with Gasteiger partial charge in [0.15, 0.2) is 6.23 Å². The number of ether oxygens (including phenoxy) is 3. The van der Waals surface area contributed by atoms with Crippen molar-refractivity contribution in [2.24, 2.45) is 11.0 Å². The van der Waals surface area contributed by atoms with Crippen LogP contribution in [0.2, 0.25) is 0 Å². The van der Waals surface area contributed by atoms with Crippen LogP contribution in [0.4, 0.5) is 11.4 Å². The van der Waals surface area contributed by atoms with Gasteiger partial charge >= 0.3 is 0 Å². The zero-order chi connectivity index (χ0) is 64.6. The van der Waals surface area contributed by atoms with Crippen LogP contribution in [0.3, 0.4) is 0 Å². The molecule has 4 rings (SSSR count). The van der Waals surface area contributed by atoms with Gasteiger partial charge in [-0.3, -0.25) is 32.6 Å². The molecular weight excluding hydrogens is 1330 g/mol. The Hall–Kier alpha value is -5.47. The van der Waals surface area contributed by atoms with E-state index in [4.69, 9.17) is 19.7 Å². The number of hydrogen-bond donors (Lipinski definition) is 8. The van der Waals surface area contributed by atoms with Crippen molar-refractivity contribution in [1.29, 1.82) is 0 Å². The van der Waals surface area contributed by atoms with Gasteiger partial charge in [-0.25, -0.2) is 0 Å². The highest BCUT2D eigenvalue weighted by Crippen LogP contribution is 2.51. The van der Waals surface area contributed by atoms with Crippen molar-refractivity contribution in [3.8, 4) is 11.8 Å². The normalized spacial score (nSPS) is 17.7. The molecule has 1 aliphatic carbocycles. The van der Waals surface area contributed by atoms with E-state index in [1.807, 2.05) is 40.7 Å². The van der Waals surface area contributed by atoms with Crippen molar-refractivity contribution in [2.75, 3.05) is 80.9 Å². The summed E-state index contributed by atoms with van der Waals surface area (Å²) >= 11 is 2.16. The number of alkyl halides is 1. The van der Waals surface area contributed by atoms with Gasteiger partial charge in [-0.1, -0.05) is 104 Å². The van der Waals surface area contributed by atoms with Crippen LogP contribution in [0.25, 0.3) is 10.4 Å². The van der Waals surface area contributed by atoms with Crippen molar-refractivity contribution in [3.63, 3.8) is 0 Å². The Labute approximate surface area is 523 Å². The molecule has 0 radical (unpaired) electrons. The van der Waals surface area contributed by atoms with Crippen molar-refractivity contribution in [3.05, 3.63) is 106 Å². The predicted molar refractivity (Wildman–Crippen MR) is 336 cm³/mol. The molecular formula is C56H79IN8O18S4. The SMILES string of the molecule is CC(C)C#CCNC(=O)COCCOC(COC1C=C(C(=O)NCCNC(=O)CCCCCC2(C)/C(=C/C=C/C=C/C(I)C(C)(C)c3cc(S(=O)(=O)O)ccc3NCCCS(=O)(=O)O)N(CCS(=O)(=O)O)c3ccc(S(=O)(=O)O)cc32)CCC1)N=[N+]=[N-]. The summed E-state index contributed by atoms with van der Waals surface area (Å²) in [6.45, 7) is 9.58. The Morgan fingerprint density at radius 2 is 1.56 bits per heavy atom. The van der Waals surface area contributed by atoms with E-state index in [2.05, 4.69) is 65.7 Å². The number of unbranched alkanes of at least 4 members (excludes halogenated alkanes) is 2. The summed E-state index contributed by atoms with van der Waals surface area (Å²) in [6, 6.07) is 7.96. The average Bonchev–Trinajstić information content (AvgIpc) is 1.65. The third-order valence-corrected chi connectivity index (χ3v) is 19.2. The van der Waals surface area contributed by atoms with Gasteiger partial charge in [0, 0.05) is 80.8 Å². The summed E-state index contributed by atoms with van der Waals surface area (Å²) in [7, 11) is -18.0. The first-order valence-electron chi connectivity index (χ1n) is 28.0. The minimum Gasteiger partial charge on any atom is -0.385 e. The van der Waals surface area contributed by atoms with Crippen LogP contribution >= 0.6 is 22.6 Å². The van der Waals surface area contributed by atoms with E-state index in [1.165, 1.54) is 36.4 Å². The number of carbonyl (C=O) groups excluding carboxylic acids is 3. The quantitative estimate of drug-likeness (QED) is 0.00403. The molecule has 3 amide bonds. The van der Waals surface area contributed by atoms with Gasteiger partial charge < -0.3 is 40.4 Å². The van der Waals surface area contributed by atoms with E-state index in [0.717, 1.165) is 0 Å². The van der Waals surface area contributed by atoms with Gasteiger partial charge in [-0.2, -0.15) is 33.7 Å². The summed E-state index contributed by atoms with van der Waals surface area (Å²) in [4.78, 5) is 41.7. The minimum absolute atomic E-state index is 0.0236. The lowest BCUT2D eigenvalue weighted by Gasteiger charge is -2.32. The van der Waals surface area contributed by atoms with Crippen molar-refractivity contribution < 1.29 is 80.5 Å². The molecule has 8 N–H and O–H groups in total. The van der Waals surface area contributed by atoms with E-state index < -0.39 is 75.1 Å². The molecule has 2 aromatic carbocycles. The maximum atomic E-state index is 13.1. The maximum absolute atomic E-state index is 13.1. The molecule has 87 heavy (non-hydrogen) atoms. The van der Waals surface area contributed by atoms with E-state index in [0.29, 0.717) is 78.7 Å². The van der Waals surface area contributed by atoms with Gasteiger partial charge in [0.2, 0.25) is 17.7 Å². The fourth-order valence-corrected chi connectivity index (χ4v) is 12.0. The molecule has 0 saturated carbocycles. The number of rotatable bonds is 36. The molecule has 31 heteroatoms. The largest absolute Gasteiger partial charge is 0.385 e. The highest BCUT2D eigenvalue weighted by atomic mass is 127. The second-order valence-electron chi connectivity index (χ2n) is 21.6. The lowest BCUT2D eigenvalue weighted by Crippen LogP contribution is -2.36. The van der Waals surface area contributed by atoms with Crippen LogP contribution in [0, 0.1) is 17.8 Å². The first-order chi connectivity index (χ1) is 40.7. The molecule has 4 unspecified atom stereocenters. The smallest absolute Gasteiger partial charge is 0.294 e. The van der Waals surface area contributed by atoms with Crippen LogP contribution in [-0.2, 0) is 79.9 Å². The third-order valence-electron chi connectivity index (χ3n) is 14.0. The Kier molecular flexibility index (Phi) is 29.3. The Morgan fingerprint density at radius 3 is 2.24 bits per heavy atom. The van der Waals surface area contributed by atoms with Crippen LogP contribution in [0.1, 0.15) is 104 Å².